The number of nitrogens with zero attached hydrogens (tertiary/aromatic N) is 1. The molecular formula is CH3N3O3S. The van der Waals surface area contributed by atoms with E-state index in [0.717, 1.165) is 0 Å². The van der Waals surface area contributed by atoms with Crippen molar-refractivity contribution < 1.29 is 13.2 Å². The number of hydrogen-bond donors (Lipinski definition) is 2. The average Bonchev–Trinajstić information content (AvgIpc) is 1.67. The van der Waals surface area contributed by atoms with E-state index in [0.29, 0.717) is 0 Å². The molecule has 7 heteroatoms. The van der Waals surface area contributed by atoms with Gasteiger partial charge in [-0.1, -0.05) is 4.52 Å². The maximum absolute atomic E-state index is 9.87. The number of rotatable bonds is 1. The van der Waals surface area contributed by atoms with E-state index < -0.39 is 15.3 Å². The van der Waals surface area contributed by atoms with Crippen LogP contribution in [0.5, 0.6) is 0 Å². The molecule has 0 aliphatic heterocycles. The first kappa shape index (κ1) is 7.02. The van der Waals surface area contributed by atoms with Gasteiger partial charge in [0, 0.05) is 0 Å². The van der Waals surface area contributed by atoms with Crippen LogP contribution in [-0.4, -0.2) is 13.7 Å². The van der Waals surface area contributed by atoms with Gasteiger partial charge in [0.1, 0.15) is 0 Å². The lowest BCUT2D eigenvalue weighted by Gasteiger charge is -1.81. The van der Waals surface area contributed by atoms with Crippen LogP contribution in [0.3, 0.4) is 0 Å². The molecule has 0 atom stereocenters. The van der Waals surface area contributed by atoms with E-state index in [-0.39, 0.29) is 0 Å². The summed E-state index contributed by atoms with van der Waals surface area (Å²) in [7, 11) is -4.31. The summed E-state index contributed by atoms with van der Waals surface area (Å²) in [6, 6.07) is 0. The van der Waals surface area contributed by atoms with E-state index in [1.54, 1.807) is 0 Å². The number of nitrogens with one attached hydrogen (secondary N) is 1. The minimum absolute atomic E-state index is 1.60. The second-order valence-electron chi connectivity index (χ2n) is 0.885. The van der Waals surface area contributed by atoms with Crippen LogP contribution < -0.4 is 5.73 Å². The van der Waals surface area contributed by atoms with E-state index >= 15 is 0 Å². The molecular weight excluding hydrogens is 134 g/mol. The SMILES string of the molecule is N=NS(=O)(=O)C(N)=O. The minimum Gasteiger partial charge on any atom is -0.355 e. The number of hydrogen-bond acceptors (Lipinski definition) is 4. The van der Waals surface area contributed by atoms with Crippen LogP contribution in [0.1, 0.15) is 0 Å². The first-order valence-electron chi connectivity index (χ1n) is 1.44. The van der Waals surface area contributed by atoms with Gasteiger partial charge in [-0.2, -0.15) is 13.9 Å². The highest BCUT2D eigenvalue weighted by molar-refractivity contribution is 8.04. The summed E-state index contributed by atoms with van der Waals surface area (Å²) in [6.45, 7) is 0. The molecule has 0 aromatic carbocycles. The lowest BCUT2D eigenvalue weighted by molar-refractivity contribution is 0.265. The van der Waals surface area contributed by atoms with Crippen LogP contribution in [0.2, 0.25) is 0 Å². The number of nitrogens with two attached hydrogens (primary N) is 1. The Morgan fingerprint density at radius 1 is 1.62 bits per heavy atom. The quantitative estimate of drug-likeness (QED) is 0.471. The molecule has 0 aromatic heterocycles. The van der Waals surface area contributed by atoms with E-state index in [1.807, 2.05) is 4.52 Å². The third-order valence-electron chi connectivity index (χ3n) is 0.374. The first-order chi connectivity index (χ1) is 3.50. The normalized spacial score (nSPS) is 10.5. The average molecular weight is 137 g/mol. The van der Waals surface area contributed by atoms with Gasteiger partial charge in [-0.05, 0) is 0 Å². The third kappa shape index (κ3) is 1.26. The predicted octanol–water partition coefficient (Wildman–Crippen LogP) is -0.574. The minimum atomic E-state index is -4.31. The van der Waals surface area contributed by atoms with Gasteiger partial charge in [-0.15, -0.1) is 0 Å². The van der Waals surface area contributed by atoms with Crippen molar-refractivity contribution in [2.24, 2.45) is 10.3 Å². The Hall–Kier alpha value is -0.980. The maximum atomic E-state index is 9.87. The fourth-order valence-electron chi connectivity index (χ4n) is 0.0450. The summed E-state index contributed by atoms with van der Waals surface area (Å²) in [5, 5.41) is -1.60. The Bertz CT molecular complexity index is 203. The van der Waals surface area contributed by atoms with Gasteiger partial charge < -0.3 is 5.73 Å². The number of amides is 1. The summed E-state index contributed by atoms with van der Waals surface area (Å²) in [6.07, 6.45) is 0. The summed E-state index contributed by atoms with van der Waals surface area (Å²) in [5.74, 6) is 0. The Morgan fingerprint density at radius 2 is 2.00 bits per heavy atom. The number of carbonyl (C=O) groups excluding carboxylic acids is 1. The molecule has 0 bridgehead atoms. The number of sulfonamides is 1. The van der Waals surface area contributed by atoms with Gasteiger partial charge in [0.05, 0.1) is 0 Å². The molecule has 0 spiro atoms. The predicted molar refractivity (Wildman–Crippen MR) is 23.7 cm³/mol. The van der Waals surface area contributed by atoms with E-state index in [9.17, 15) is 13.2 Å². The van der Waals surface area contributed by atoms with Crippen LogP contribution in [0, 0.1) is 5.53 Å². The van der Waals surface area contributed by atoms with Crippen LogP contribution in [0.4, 0.5) is 4.79 Å². The monoisotopic (exact) mass is 137 g/mol. The Balaban J connectivity index is 4.68. The molecule has 0 saturated carbocycles. The molecule has 0 aliphatic rings. The number of primary amides is 1. The van der Waals surface area contributed by atoms with Crippen molar-refractivity contribution in [1.29, 1.82) is 5.53 Å². The highest BCUT2D eigenvalue weighted by Crippen LogP contribution is 1.87. The molecule has 0 unspecified atom stereocenters. The molecule has 8 heavy (non-hydrogen) atoms. The summed E-state index contributed by atoms with van der Waals surface area (Å²) in [5.41, 5.74) is 10.1. The summed E-state index contributed by atoms with van der Waals surface area (Å²) >= 11 is 0. The Morgan fingerprint density at radius 3 is 2.00 bits per heavy atom. The summed E-state index contributed by atoms with van der Waals surface area (Å²) in [4.78, 5) is 9.67. The van der Waals surface area contributed by atoms with Gasteiger partial charge in [-0.3, -0.25) is 4.79 Å². The van der Waals surface area contributed by atoms with Crippen molar-refractivity contribution in [1.82, 2.24) is 0 Å². The fraction of sp³-hybridized carbons (Fsp3) is 0. The molecule has 0 saturated heterocycles. The molecule has 3 N–H and O–H groups in total. The fourth-order valence-corrected chi connectivity index (χ4v) is 0.135. The smallest absolute Gasteiger partial charge is 0.355 e. The molecule has 6 nitrogen and oxygen atoms in total. The van der Waals surface area contributed by atoms with Crippen molar-refractivity contribution in [2.75, 3.05) is 0 Å². The molecule has 0 radical (unpaired) electrons. The Labute approximate surface area is 45.2 Å². The summed E-state index contributed by atoms with van der Waals surface area (Å²) < 4.78 is 21.7. The lowest BCUT2D eigenvalue weighted by atomic mass is 11.5. The molecule has 0 aliphatic carbocycles. The van der Waals surface area contributed by atoms with Gasteiger partial charge in [0.2, 0.25) is 0 Å². The van der Waals surface area contributed by atoms with E-state index in [2.05, 4.69) is 5.73 Å². The highest BCUT2D eigenvalue weighted by Gasteiger charge is 2.14. The highest BCUT2D eigenvalue weighted by atomic mass is 32.2. The largest absolute Gasteiger partial charge is 0.357 e. The second kappa shape index (κ2) is 1.86. The van der Waals surface area contributed by atoms with Crippen molar-refractivity contribution >= 4 is 15.3 Å². The molecule has 0 heterocycles. The second-order valence-corrected chi connectivity index (χ2v) is 2.42. The standard InChI is InChI=1S/CH3N3O3S/c2-1(5)8(6,7)4-3/h3H,(H2,2,5). The molecule has 0 fully saturated rings. The van der Waals surface area contributed by atoms with Crippen LogP contribution in [-0.2, 0) is 10.0 Å². The maximum Gasteiger partial charge on any atom is 0.357 e. The number of carbonyl (C=O) groups is 1. The zero-order valence-corrected chi connectivity index (χ0v) is 4.47. The zero-order chi connectivity index (χ0) is 6.78. The topological polar surface area (TPSA) is 113 Å². The molecule has 0 aromatic rings. The van der Waals surface area contributed by atoms with Gasteiger partial charge in [0.25, 0.3) is 0 Å². The molecule has 46 valence electrons. The van der Waals surface area contributed by atoms with E-state index in [1.165, 1.54) is 0 Å². The van der Waals surface area contributed by atoms with Gasteiger partial charge in [-0.25, -0.2) is 0 Å². The van der Waals surface area contributed by atoms with Crippen molar-refractivity contribution in [2.45, 2.75) is 0 Å². The zero-order valence-electron chi connectivity index (χ0n) is 3.66. The third-order valence-corrected chi connectivity index (χ3v) is 1.12. The van der Waals surface area contributed by atoms with Gasteiger partial charge >= 0.3 is 15.3 Å². The Kier molecular flexibility index (Phi) is 1.64. The van der Waals surface area contributed by atoms with Crippen molar-refractivity contribution in [3.8, 4) is 0 Å². The van der Waals surface area contributed by atoms with Gasteiger partial charge in [0.15, 0.2) is 0 Å². The first-order valence-corrected chi connectivity index (χ1v) is 2.88. The van der Waals surface area contributed by atoms with Crippen LogP contribution in [0.25, 0.3) is 0 Å². The van der Waals surface area contributed by atoms with E-state index in [4.69, 9.17) is 5.53 Å². The van der Waals surface area contributed by atoms with Crippen molar-refractivity contribution in [3.05, 3.63) is 0 Å². The van der Waals surface area contributed by atoms with Crippen LogP contribution in [0.15, 0.2) is 4.52 Å². The van der Waals surface area contributed by atoms with Crippen LogP contribution >= 0.6 is 0 Å². The lowest BCUT2D eigenvalue weighted by Crippen LogP contribution is -2.18. The van der Waals surface area contributed by atoms with Crippen molar-refractivity contribution in [3.63, 3.8) is 0 Å². The molecule has 0 rings (SSSR count). The molecule has 1 amide bonds.